The third-order valence-electron chi connectivity index (χ3n) is 1.62. The van der Waals surface area contributed by atoms with E-state index in [1.807, 2.05) is 0 Å². The number of allylic oxidation sites excluding steroid dienone is 4. The molecule has 0 fully saturated rings. The smallest absolute Gasteiger partial charge is 0.192 e. The lowest BCUT2D eigenvalue weighted by atomic mass is 10.1. The topological polar surface area (TPSA) is 60.2 Å². The van der Waals surface area contributed by atoms with Crippen molar-refractivity contribution in [3.63, 3.8) is 0 Å². The summed E-state index contributed by atoms with van der Waals surface area (Å²) in [6, 6.07) is 0. The van der Waals surface area contributed by atoms with Crippen LogP contribution in [0.1, 0.15) is 6.92 Å². The molecule has 0 radical (unpaired) electrons. The second-order valence-electron chi connectivity index (χ2n) is 2.70. The molecule has 0 saturated heterocycles. The van der Waals surface area contributed by atoms with E-state index >= 15 is 0 Å². The van der Waals surface area contributed by atoms with Crippen molar-refractivity contribution in [2.24, 2.45) is 5.73 Å². The summed E-state index contributed by atoms with van der Waals surface area (Å²) >= 11 is 1.33. The average molecular weight is 197 g/mol. The molecule has 3 nitrogen and oxygen atoms in total. The van der Waals surface area contributed by atoms with E-state index in [4.69, 9.17) is 5.73 Å². The molecule has 0 atom stereocenters. The zero-order valence-corrected chi connectivity index (χ0v) is 8.19. The van der Waals surface area contributed by atoms with Crippen molar-refractivity contribution < 1.29 is 9.59 Å². The Labute approximate surface area is 81.1 Å². The Morgan fingerprint density at radius 3 is 2.62 bits per heavy atom. The zero-order valence-electron chi connectivity index (χ0n) is 7.37. The third kappa shape index (κ3) is 2.54. The van der Waals surface area contributed by atoms with E-state index in [1.54, 1.807) is 6.92 Å². The molecule has 0 bridgehead atoms. The van der Waals surface area contributed by atoms with Crippen molar-refractivity contribution in [2.45, 2.75) is 6.92 Å². The molecule has 0 aromatic heterocycles. The average Bonchev–Trinajstić information content (AvgIpc) is 2.09. The largest absolute Gasteiger partial charge is 0.330 e. The Hall–Kier alpha value is -0.870. The third-order valence-corrected chi connectivity index (χ3v) is 2.69. The summed E-state index contributed by atoms with van der Waals surface area (Å²) in [6.07, 6.45) is 2.76. The van der Waals surface area contributed by atoms with Gasteiger partial charge in [-0.2, -0.15) is 0 Å². The molecule has 70 valence electrons. The maximum absolute atomic E-state index is 11.3. The van der Waals surface area contributed by atoms with Gasteiger partial charge in [-0.3, -0.25) is 9.59 Å². The molecule has 4 heteroatoms. The first-order chi connectivity index (χ1) is 6.15. The minimum atomic E-state index is -0.0875. The van der Waals surface area contributed by atoms with Crippen LogP contribution in [-0.4, -0.2) is 23.9 Å². The molecule has 0 aliphatic heterocycles. The van der Waals surface area contributed by atoms with Crippen molar-refractivity contribution >= 4 is 23.3 Å². The van der Waals surface area contributed by atoms with Crippen molar-refractivity contribution in [1.29, 1.82) is 0 Å². The number of carbonyl (C=O) groups excluding carboxylic acids is 2. The molecular weight excluding hydrogens is 186 g/mol. The van der Waals surface area contributed by atoms with E-state index < -0.39 is 0 Å². The van der Waals surface area contributed by atoms with Crippen LogP contribution in [0.2, 0.25) is 0 Å². The van der Waals surface area contributed by atoms with E-state index in [9.17, 15) is 9.59 Å². The normalized spacial score (nSPS) is 17.1. The fourth-order valence-corrected chi connectivity index (χ4v) is 1.65. The minimum absolute atomic E-state index is 0.0841. The second-order valence-corrected chi connectivity index (χ2v) is 3.84. The van der Waals surface area contributed by atoms with Gasteiger partial charge >= 0.3 is 0 Å². The number of nitrogens with two attached hydrogens (primary N) is 1. The van der Waals surface area contributed by atoms with E-state index in [1.165, 1.54) is 23.9 Å². The van der Waals surface area contributed by atoms with Crippen molar-refractivity contribution in [3.05, 3.63) is 22.6 Å². The van der Waals surface area contributed by atoms with Gasteiger partial charge in [-0.15, -0.1) is 11.8 Å². The van der Waals surface area contributed by atoms with Crippen LogP contribution in [0, 0.1) is 0 Å². The Balaban J connectivity index is 2.71. The van der Waals surface area contributed by atoms with Crippen LogP contribution in [0.25, 0.3) is 0 Å². The van der Waals surface area contributed by atoms with Crippen LogP contribution in [-0.2, 0) is 9.59 Å². The monoisotopic (exact) mass is 197 g/mol. The van der Waals surface area contributed by atoms with Gasteiger partial charge in [0.05, 0.1) is 4.91 Å². The number of hydrogen-bond acceptors (Lipinski definition) is 4. The quantitative estimate of drug-likeness (QED) is 0.675. The molecule has 1 aliphatic carbocycles. The van der Waals surface area contributed by atoms with Gasteiger partial charge in [0.15, 0.2) is 11.6 Å². The number of hydrogen-bond donors (Lipinski definition) is 1. The van der Waals surface area contributed by atoms with Crippen molar-refractivity contribution in [1.82, 2.24) is 0 Å². The molecule has 1 rings (SSSR count). The Kier molecular flexibility index (Phi) is 3.45. The highest BCUT2D eigenvalue weighted by Crippen LogP contribution is 2.21. The number of ketones is 2. The van der Waals surface area contributed by atoms with Gasteiger partial charge in [0.25, 0.3) is 0 Å². The fraction of sp³-hybridized carbons (Fsp3) is 0.333. The maximum Gasteiger partial charge on any atom is 0.192 e. The molecule has 0 aromatic carbocycles. The standard InChI is InChI=1S/C9H11NO2S/c1-6-4-8(12)9(5-7(6)11)13-3-2-10/h4-5H,2-3,10H2,1H3. The summed E-state index contributed by atoms with van der Waals surface area (Å²) in [7, 11) is 0. The van der Waals surface area contributed by atoms with Crippen LogP contribution in [0.15, 0.2) is 22.6 Å². The van der Waals surface area contributed by atoms with E-state index in [-0.39, 0.29) is 11.6 Å². The predicted octanol–water partition coefficient (Wildman–Crippen LogP) is 0.660. The summed E-state index contributed by atoms with van der Waals surface area (Å²) in [5.41, 5.74) is 5.80. The lowest BCUT2D eigenvalue weighted by molar-refractivity contribution is -0.114. The van der Waals surface area contributed by atoms with Crippen LogP contribution in [0.4, 0.5) is 0 Å². The van der Waals surface area contributed by atoms with E-state index in [2.05, 4.69) is 0 Å². The van der Waals surface area contributed by atoms with Crippen LogP contribution in [0.3, 0.4) is 0 Å². The summed E-state index contributed by atoms with van der Waals surface area (Å²) in [4.78, 5) is 23.0. The molecule has 2 N–H and O–H groups in total. The first-order valence-electron chi connectivity index (χ1n) is 3.96. The number of thioether (sulfide) groups is 1. The lowest BCUT2D eigenvalue weighted by Crippen LogP contribution is -2.11. The SMILES string of the molecule is CC1=CC(=O)C(SCCN)=CC1=O. The van der Waals surface area contributed by atoms with Gasteiger partial charge in [-0.05, 0) is 13.0 Å². The van der Waals surface area contributed by atoms with E-state index in [0.717, 1.165) is 0 Å². The predicted molar refractivity (Wildman–Crippen MR) is 53.4 cm³/mol. The van der Waals surface area contributed by atoms with Crippen molar-refractivity contribution in [2.75, 3.05) is 12.3 Å². The lowest BCUT2D eigenvalue weighted by Gasteiger charge is -2.07. The highest BCUT2D eigenvalue weighted by Gasteiger charge is 2.16. The number of carbonyl (C=O) groups is 2. The van der Waals surface area contributed by atoms with Gasteiger partial charge in [-0.25, -0.2) is 0 Å². The van der Waals surface area contributed by atoms with Crippen molar-refractivity contribution in [3.8, 4) is 0 Å². The van der Waals surface area contributed by atoms with Gasteiger partial charge in [0.2, 0.25) is 0 Å². The number of rotatable bonds is 3. The minimum Gasteiger partial charge on any atom is -0.330 e. The first-order valence-corrected chi connectivity index (χ1v) is 4.95. The highest BCUT2D eigenvalue weighted by molar-refractivity contribution is 8.04. The first kappa shape index (κ1) is 10.2. The molecule has 1 aliphatic rings. The molecule has 0 aromatic rings. The fourth-order valence-electron chi connectivity index (χ4n) is 0.925. The van der Waals surface area contributed by atoms with Gasteiger partial charge in [0.1, 0.15) is 0 Å². The molecule has 13 heavy (non-hydrogen) atoms. The highest BCUT2D eigenvalue weighted by atomic mass is 32.2. The summed E-state index contributed by atoms with van der Waals surface area (Å²) in [5, 5.41) is 0. The Morgan fingerprint density at radius 1 is 1.31 bits per heavy atom. The maximum atomic E-state index is 11.3. The molecule has 0 heterocycles. The Morgan fingerprint density at radius 2 is 2.00 bits per heavy atom. The Bertz CT molecular complexity index is 305. The summed E-state index contributed by atoms with van der Waals surface area (Å²) < 4.78 is 0. The molecule has 0 saturated carbocycles. The molecule has 0 amide bonds. The van der Waals surface area contributed by atoms with Crippen LogP contribution < -0.4 is 5.73 Å². The van der Waals surface area contributed by atoms with Gasteiger partial charge in [-0.1, -0.05) is 0 Å². The molecule has 0 unspecified atom stereocenters. The zero-order chi connectivity index (χ0) is 9.84. The summed E-state index contributed by atoms with van der Waals surface area (Å²) in [6.45, 7) is 2.15. The van der Waals surface area contributed by atoms with E-state index in [0.29, 0.717) is 22.8 Å². The summed E-state index contributed by atoms with van der Waals surface area (Å²) in [5.74, 6) is 0.493. The molecular formula is C9H11NO2S. The second kappa shape index (κ2) is 4.39. The van der Waals surface area contributed by atoms with Gasteiger partial charge in [0, 0.05) is 23.9 Å². The van der Waals surface area contributed by atoms with Crippen LogP contribution in [0.5, 0.6) is 0 Å². The van der Waals surface area contributed by atoms with Gasteiger partial charge < -0.3 is 5.73 Å². The molecule has 0 spiro atoms. The van der Waals surface area contributed by atoms with Crippen LogP contribution >= 0.6 is 11.8 Å².